The molecule has 0 fully saturated rings. The molecule has 0 aliphatic carbocycles. The molecule has 1 N–H and O–H groups in total. The van der Waals surface area contributed by atoms with E-state index in [1.165, 1.54) is 0 Å². The Labute approximate surface area is 170 Å². The van der Waals surface area contributed by atoms with Gasteiger partial charge in [-0.2, -0.15) is 0 Å². The van der Waals surface area contributed by atoms with Crippen LogP contribution in [-0.4, -0.2) is 31.4 Å². The van der Waals surface area contributed by atoms with Gasteiger partial charge in [-0.1, -0.05) is 48.0 Å². The molecule has 0 bridgehead atoms. The molecule has 0 amide bonds. The zero-order valence-electron chi connectivity index (χ0n) is 16.3. The Kier molecular flexibility index (Phi) is 6.44. The SMILES string of the molecule is COCCOC(=O)C1=C(C)N(c2ccccc2)C(=S)NC1c1ccc(C)cc1. The van der Waals surface area contributed by atoms with Crippen molar-refractivity contribution >= 4 is 29.0 Å². The Hall–Kier alpha value is -2.70. The number of aryl methyl sites for hydroxylation is 1. The van der Waals surface area contributed by atoms with Gasteiger partial charge in [0.05, 0.1) is 18.2 Å². The lowest BCUT2D eigenvalue weighted by molar-refractivity contribution is -0.140. The van der Waals surface area contributed by atoms with E-state index in [0.717, 1.165) is 22.5 Å². The summed E-state index contributed by atoms with van der Waals surface area (Å²) in [5.41, 5.74) is 4.29. The number of esters is 1. The van der Waals surface area contributed by atoms with Crippen LogP contribution in [0.4, 0.5) is 5.69 Å². The van der Waals surface area contributed by atoms with Gasteiger partial charge in [0.25, 0.3) is 0 Å². The summed E-state index contributed by atoms with van der Waals surface area (Å²) < 4.78 is 10.5. The Morgan fingerprint density at radius 2 is 1.75 bits per heavy atom. The number of anilines is 1. The smallest absolute Gasteiger partial charge is 0.338 e. The molecule has 6 heteroatoms. The van der Waals surface area contributed by atoms with Crippen molar-refractivity contribution in [3.63, 3.8) is 0 Å². The molecule has 3 rings (SSSR count). The van der Waals surface area contributed by atoms with Crippen LogP contribution in [0.2, 0.25) is 0 Å². The first kappa shape index (κ1) is 20.0. The van der Waals surface area contributed by atoms with Gasteiger partial charge in [0.15, 0.2) is 5.11 Å². The lowest BCUT2D eigenvalue weighted by Gasteiger charge is -2.37. The molecule has 0 saturated carbocycles. The second-order valence-corrected chi connectivity index (χ2v) is 6.98. The molecule has 0 radical (unpaired) electrons. The lowest BCUT2D eigenvalue weighted by atomic mass is 9.94. The molecule has 1 heterocycles. The van der Waals surface area contributed by atoms with E-state index in [2.05, 4.69) is 5.32 Å². The Bertz CT molecular complexity index is 878. The van der Waals surface area contributed by atoms with Crippen molar-refractivity contribution in [2.45, 2.75) is 19.9 Å². The van der Waals surface area contributed by atoms with Crippen LogP contribution >= 0.6 is 12.2 Å². The zero-order chi connectivity index (χ0) is 20.1. The summed E-state index contributed by atoms with van der Waals surface area (Å²) in [6.07, 6.45) is 0. The van der Waals surface area contributed by atoms with E-state index in [1.54, 1.807) is 7.11 Å². The number of carbonyl (C=O) groups excluding carboxylic acids is 1. The third-order valence-corrected chi connectivity index (χ3v) is 4.95. The highest BCUT2D eigenvalue weighted by molar-refractivity contribution is 7.80. The van der Waals surface area contributed by atoms with E-state index >= 15 is 0 Å². The van der Waals surface area contributed by atoms with Gasteiger partial charge in [0.2, 0.25) is 0 Å². The molecule has 0 spiro atoms. The van der Waals surface area contributed by atoms with Gasteiger partial charge in [0.1, 0.15) is 6.61 Å². The molecule has 0 saturated heterocycles. The van der Waals surface area contributed by atoms with Crippen LogP contribution in [0.1, 0.15) is 24.1 Å². The predicted octanol–water partition coefficient (Wildman–Crippen LogP) is 3.89. The molecule has 1 aliphatic heterocycles. The average molecular weight is 397 g/mol. The largest absolute Gasteiger partial charge is 0.460 e. The van der Waals surface area contributed by atoms with Crippen molar-refractivity contribution in [1.82, 2.24) is 5.32 Å². The number of ether oxygens (including phenoxy) is 2. The maximum Gasteiger partial charge on any atom is 0.338 e. The zero-order valence-corrected chi connectivity index (χ0v) is 17.1. The van der Waals surface area contributed by atoms with Crippen LogP contribution in [0.15, 0.2) is 65.9 Å². The summed E-state index contributed by atoms with van der Waals surface area (Å²) in [6, 6.07) is 17.4. The number of benzene rings is 2. The molecule has 28 heavy (non-hydrogen) atoms. The number of rotatable bonds is 6. The minimum atomic E-state index is -0.379. The van der Waals surface area contributed by atoms with Gasteiger partial charge in [-0.05, 0) is 43.8 Å². The lowest BCUT2D eigenvalue weighted by Crippen LogP contribution is -2.48. The second kappa shape index (κ2) is 8.99. The van der Waals surface area contributed by atoms with Crippen LogP contribution in [0.5, 0.6) is 0 Å². The van der Waals surface area contributed by atoms with E-state index in [0.29, 0.717) is 17.3 Å². The summed E-state index contributed by atoms with van der Waals surface area (Å²) >= 11 is 5.64. The summed E-state index contributed by atoms with van der Waals surface area (Å²) in [6.45, 7) is 4.47. The molecule has 2 aromatic rings. The molecule has 2 aromatic carbocycles. The first-order chi connectivity index (χ1) is 13.5. The Balaban J connectivity index is 2.04. The number of thiocarbonyl (C=S) groups is 1. The van der Waals surface area contributed by atoms with Crippen LogP contribution in [0.3, 0.4) is 0 Å². The fourth-order valence-electron chi connectivity index (χ4n) is 3.20. The maximum atomic E-state index is 13.0. The Morgan fingerprint density at radius 1 is 1.07 bits per heavy atom. The number of allylic oxidation sites excluding steroid dienone is 1. The number of nitrogens with zero attached hydrogens (tertiary/aromatic N) is 1. The second-order valence-electron chi connectivity index (χ2n) is 6.59. The van der Waals surface area contributed by atoms with Crippen molar-refractivity contribution in [3.05, 3.63) is 77.0 Å². The summed E-state index contributed by atoms with van der Waals surface area (Å²) in [5.74, 6) is -0.379. The van der Waals surface area contributed by atoms with Gasteiger partial charge >= 0.3 is 5.97 Å². The predicted molar refractivity (Wildman–Crippen MR) is 114 cm³/mol. The van der Waals surface area contributed by atoms with Crippen molar-refractivity contribution in [1.29, 1.82) is 0 Å². The third kappa shape index (κ3) is 4.24. The van der Waals surface area contributed by atoms with E-state index < -0.39 is 0 Å². The third-order valence-electron chi connectivity index (χ3n) is 4.65. The first-order valence-electron chi connectivity index (χ1n) is 9.12. The van der Waals surface area contributed by atoms with Crippen LogP contribution in [-0.2, 0) is 14.3 Å². The van der Waals surface area contributed by atoms with Gasteiger partial charge in [-0.25, -0.2) is 4.79 Å². The molecule has 1 atom stereocenters. The highest BCUT2D eigenvalue weighted by atomic mass is 32.1. The van der Waals surface area contributed by atoms with Gasteiger partial charge in [-0.3, -0.25) is 4.90 Å². The summed E-state index contributed by atoms with van der Waals surface area (Å²) in [7, 11) is 1.57. The van der Waals surface area contributed by atoms with E-state index in [-0.39, 0.29) is 18.6 Å². The van der Waals surface area contributed by atoms with Crippen molar-refractivity contribution < 1.29 is 14.3 Å². The van der Waals surface area contributed by atoms with Gasteiger partial charge in [-0.15, -0.1) is 0 Å². The van der Waals surface area contributed by atoms with Gasteiger partial charge in [0, 0.05) is 18.5 Å². The number of nitrogens with one attached hydrogen (secondary N) is 1. The van der Waals surface area contributed by atoms with Crippen LogP contribution in [0.25, 0.3) is 0 Å². The number of hydrogen-bond acceptors (Lipinski definition) is 4. The molecule has 1 unspecified atom stereocenters. The molecule has 5 nitrogen and oxygen atoms in total. The minimum absolute atomic E-state index is 0.197. The summed E-state index contributed by atoms with van der Waals surface area (Å²) in [5, 5.41) is 3.86. The number of hydrogen-bond donors (Lipinski definition) is 1. The monoisotopic (exact) mass is 396 g/mol. The van der Waals surface area contributed by atoms with E-state index in [4.69, 9.17) is 21.7 Å². The normalized spacial score (nSPS) is 16.8. The molecular weight excluding hydrogens is 372 g/mol. The highest BCUT2D eigenvalue weighted by Crippen LogP contribution is 2.34. The molecule has 0 aromatic heterocycles. The highest BCUT2D eigenvalue weighted by Gasteiger charge is 2.35. The topological polar surface area (TPSA) is 50.8 Å². The van der Waals surface area contributed by atoms with Crippen LogP contribution < -0.4 is 10.2 Å². The number of para-hydroxylation sites is 1. The number of methoxy groups -OCH3 is 1. The average Bonchev–Trinajstić information content (AvgIpc) is 2.69. The first-order valence-corrected chi connectivity index (χ1v) is 9.53. The van der Waals surface area contributed by atoms with E-state index in [1.807, 2.05) is 73.3 Å². The fourth-order valence-corrected chi connectivity index (χ4v) is 3.56. The fraction of sp³-hybridized carbons (Fsp3) is 0.273. The van der Waals surface area contributed by atoms with Crippen LogP contribution in [0, 0.1) is 6.92 Å². The van der Waals surface area contributed by atoms with Crippen molar-refractivity contribution in [2.24, 2.45) is 0 Å². The maximum absolute atomic E-state index is 13.0. The van der Waals surface area contributed by atoms with E-state index in [9.17, 15) is 4.79 Å². The van der Waals surface area contributed by atoms with Gasteiger partial charge < -0.3 is 14.8 Å². The molecule has 1 aliphatic rings. The quantitative estimate of drug-likeness (QED) is 0.454. The molecular formula is C22H24N2O3S. The summed E-state index contributed by atoms with van der Waals surface area (Å²) in [4.78, 5) is 14.8. The standard InChI is InChI=1S/C22H24N2O3S/c1-15-9-11-17(12-10-15)20-19(21(25)27-14-13-26-3)16(2)24(22(28)23-20)18-7-5-4-6-8-18/h4-12,20H,13-14H2,1-3H3,(H,23,28). The Morgan fingerprint density at radius 3 is 2.39 bits per heavy atom. The number of carbonyl (C=O) groups is 1. The van der Waals surface area contributed by atoms with Crippen molar-refractivity contribution in [2.75, 3.05) is 25.2 Å². The molecule has 146 valence electrons. The minimum Gasteiger partial charge on any atom is -0.460 e. The van der Waals surface area contributed by atoms with Crippen molar-refractivity contribution in [3.8, 4) is 0 Å².